The van der Waals surface area contributed by atoms with Crippen LogP contribution in [0.1, 0.15) is 39.9 Å². The predicted molar refractivity (Wildman–Crippen MR) is 138 cm³/mol. The van der Waals surface area contributed by atoms with Crippen molar-refractivity contribution in [2.45, 2.75) is 26.2 Å². The average molecular weight is 522 g/mol. The lowest BCUT2D eigenvalue weighted by Gasteiger charge is -2.31. The summed E-state index contributed by atoms with van der Waals surface area (Å²) in [6.45, 7) is 3.90. The molecule has 0 spiro atoms. The highest BCUT2D eigenvalue weighted by atomic mass is 32.2. The molecule has 192 valence electrons. The van der Waals surface area contributed by atoms with Crippen LogP contribution in [-0.4, -0.2) is 43.7 Å². The topological polar surface area (TPSA) is 135 Å². The highest BCUT2D eigenvalue weighted by molar-refractivity contribution is 8.03. The first kappa shape index (κ1) is 27.5. The molecule has 0 radical (unpaired) electrons. The number of methoxy groups -OCH3 is 2. The van der Waals surface area contributed by atoms with Crippen molar-refractivity contribution < 1.29 is 28.7 Å². The van der Waals surface area contributed by atoms with Gasteiger partial charge in [-0.15, -0.1) is 0 Å². The Morgan fingerprint density at radius 2 is 1.81 bits per heavy atom. The molecule has 0 unspecified atom stereocenters. The fraction of sp³-hybridized carbons (Fsp3) is 0.296. The molecule has 0 saturated carbocycles. The minimum Gasteiger partial charge on any atom is -0.468 e. The van der Waals surface area contributed by atoms with Crippen LogP contribution in [0.5, 0.6) is 0 Å². The highest BCUT2D eigenvalue weighted by Gasteiger charge is 2.44. The summed E-state index contributed by atoms with van der Waals surface area (Å²) in [5.41, 5.74) is 3.52. The second kappa shape index (κ2) is 12.2. The van der Waals surface area contributed by atoms with Crippen LogP contribution in [0.3, 0.4) is 0 Å². The monoisotopic (exact) mass is 521 g/mol. The van der Waals surface area contributed by atoms with Crippen molar-refractivity contribution in [1.29, 1.82) is 5.26 Å². The molecule has 0 aliphatic carbocycles. The van der Waals surface area contributed by atoms with Gasteiger partial charge in [0, 0.05) is 11.6 Å². The van der Waals surface area contributed by atoms with Crippen LogP contribution in [0.25, 0.3) is 0 Å². The molecule has 2 aromatic rings. The number of hydrogen-bond donors (Lipinski definition) is 2. The lowest BCUT2D eigenvalue weighted by Crippen LogP contribution is -2.44. The van der Waals surface area contributed by atoms with E-state index in [0.717, 1.165) is 42.1 Å². The van der Waals surface area contributed by atoms with Gasteiger partial charge in [-0.05, 0) is 42.2 Å². The smallest absolute Gasteiger partial charge is 0.337 e. The van der Waals surface area contributed by atoms with Crippen molar-refractivity contribution in [2.75, 3.05) is 25.3 Å². The summed E-state index contributed by atoms with van der Waals surface area (Å²) in [5, 5.41) is 15.7. The molecule has 10 heteroatoms. The summed E-state index contributed by atoms with van der Waals surface area (Å²) < 4.78 is 9.55. The molecule has 0 fully saturated rings. The average Bonchev–Trinajstić information content (AvgIpc) is 2.91. The van der Waals surface area contributed by atoms with E-state index in [4.69, 9.17) is 9.47 Å². The third kappa shape index (κ3) is 6.01. The van der Waals surface area contributed by atoms with Crippen molar-refractivity contribution in [3.8, 4) is 6.07 Å². The van der Waals surface area contributed by atoms with Gasteiger partial charge in [0.15, 0.2) is 0 Å². The van der Waals surface area contributed by atoms with E-state index in [1.807, 2.05) is 32.0 Å². The summed E-state index contributed by atoms with van der Waals surface area (Å²) in [6.07, 6.45) is 0.746. The van der Waals surface area contributed by atoms with E-state index >= 15 is 0 Å². The number of carbonyl (C=O) groups excluding carboxylic acids is 4. The molecular weight excluding hydrogens is 494 g/mol. The minimum atomic E-state index is -1.32. The van der Waals surface area contributed by atoms with E-state index in [1.54, 1.807) is 12.1 Å². The fourth-order valence-corrected chi connectivity index (χ4v) is 4.99. The number of esters is 2. The zero-order valence-electron chi connectivity index (χ0n) is 20.9. The van der Waals surface area contributed by atoms with Crippen LogP contribution in [-0.2, 0) is 30.3 Å². The number of ether oxygens (including phenoxy) is 2. The van der Waals surface area contributed by atoms with Gasteiger partial charge in [-0.25, -0.2) is 4.79 Å². The Morgan fingerprint density at radius 1 is 1.11 bits per heavy atom. The number of rotatable bonds is 8. The lowest BCUT2D eigenvalue weighted by atomic mass is 9.78. The van der Waals surface area contributed by atoms with Gasteiger partial charge < -0.3 is 20.1 Å². The molecule has 2 N–H and O–H groups in total. The summed E-state index contributed by atoms with van der Waals surface area (Å²) in [4.78, 5) is 50.2. The molecule has 37 heavy (non-hydrogen) atoms. The molecule has 0 saturated heterocycles. The second-order valence-electron chi connectivity index (χ2n) is 8.24. The van der Waals surface area contributed by atoms with Gasteiger partial charge in [0.1, 0.15) is 5.92 Å². The number of aryl methyl sites for hydroxylation is 2. The van der Waals surface area contributed by atoms with Crippen molar-refractivity contribution in [1.82, 2.24) is 5.32 Å². The van der Waals surface area contributed by atoms with Gasteiger partial charge in [-0.3, -0.25) is 14.4 Å². The zero-order chi connectivity index (χ0) is 27.1. The standard InChI is InChI=1S/C27H27N3O6S/c1-5-16-8-6-7-15(2)23(16)29-20(31)14-37-25-19(13-28)21(22(24(32)30-25)27(34)36-4)17-9-11-18(12-10-17)26(33)35-3/h6-12,21-22H,5,14H2,1-4H3,(H,29,31)(H,30,32)/t21-,22-/m1/s1. The largest absolute Gasteiger partial charge is 0.468 e. The Kier molecular flexibility index (Phi) is 9.09. The SMILES string of the molecule is CCc1cccc(C)c1NC(=O)CSC1=C(C#N)[C@@H](c2ccc(C(=O)OC)cc2)[C@@H](C(=O)OC)C(=O)N1. The van der Waals surface area contributed by atoms with Crippen molar-refractivity contribution in [3.05, 3.63) is 75.3 Å². The van der Waals surface area contributed by atoms with Crippen molar-refractivity contribution in [2.24, 2.45) is 5.92 Å². The van der Waals surface area contributed by atoms with Crippen LogP contribution >= 0.6 is 11.8 Å². The number of nitrogens with one attached hydrogen (secondary N) is 2. The molecule has 3 rings (SSSR count). The normalized spacial score (nSPS) is 16.9. The van der Waals surface area contributed by atoms with Crippen LogP contribution in [0.15, 0.2) is 53.1 Å². The van der Waals surface area contributed by atoms with E-state index in [0.29, 0.717) is 5.56 Å². The third-order valence-corrected chi connectivity index (χ3v) is 7.04. The number of hydrogen-bond acceptors (Lipinski definition) is 8. The van der Waals surface area contributed by atoms with E-state index in [9.17, 15) is 24.4 Å². The maximum Gasteiger partial charge on any atom is 0.337 e. The Bertz CT molecular complexity index is 1300. The second-order valence-corrected chi connectivity index (χ2v) is 9.22. The number of anilines is 1. The van der Waals surface area contributed by atoms with Crippen LogP contribution in [0.4, 0.5) is 5.69 Å². The molecule has 9 nitrogen and oxygen atoms in total. The molecule has 0 bridgehead atoms. The van der Waals surface area contributed by atoms with Gasteiger partial charge in [-0.2, -0.15) is 5.26 Å². The first-order valence-corrected chi connectivity index (χ1v) is 12.5. The molecule has 2 aromatic carbocycles. The highest BCUT2D eigenvalue weighted by Crippen LogP contribution is 2.40. The molecule has 1 aliphatic heterocycles. The van der Waals surface area contributed by atoms with Gasteiger partial charge >= 0.3 is 11.9 Å². The number of carbonyl (C=O) groups is 4. The maximum atomic E-state index is 13.0. The summed E-state index contributed by atoms with van der Waals surface area (Å²) in [5.74, 6) is -4.66. The molecule has 0 aromatic heterocycles. The number of amides is 2. The summed E-state index contributed by atoms with van der Waals surface area (Å²) in [6, 6.07) is 14.0. The van der Waals surface area contributed by atoms with Crippen molar-refractivity contribution >= 4 is 41.2 Å². The van der Waals surface area contributed by atoms with E-state index < -0.39 is 29.7 Å². The summed E-state index contributed by atoms with van der Waals surface area (Å²) in [7, 11) is 2.42. The van der Waals surface area contributed by atoms with E-state index in [2.05, 4.69) is 16.7 Å². The molecule has 1 heterocycles. The predicted octanol–water partition coefficient (Wildman–Crippen LogP) is 3.45. The number of allylic oxidation sites excluding steroid dienone is 1. The van der Waals surface area contributed by atoms with Crippen LogP contribution in [0.2, 0.25) is 0 Å². The minimum absolute atomic E-state index is 0.0742. The zero-order valence-corrected chi connectivity index (χ0v) is 21.7. The maximum absolute atomic E-state index is 13.0. The van der Waals surface area contributed by atoms with Crippen LogP contribution < -0.4 is 10.6 Å². The molecule has 1 aliphatic rings. The number of nitrogens with zero attached hydrogens (tertiary/aromatic N) is 1. The van der Waals surface area contributed by atoms with Gasteiger partial charge in [0.2, 0.25) is 11.8 Å². The van der Waals surface area contributed by atoms with Gasteiger partial charge in [0.05, 0.1) is 42.2 Å². The molecule has 2 amide bonds. The Morgan fingerprint density at radius 3 is 2.41 bits per heavy atom. The fourth-order valence-electron chi connectivity index (χ4n) is 4.14. The summed E-state index contributed by atoms with van der Waals surface area (Å²) >= 11 is 0.999. The van der Waals surface area contributed by atoms with E-state index in [1.165, 1.54) is 19.2 Å². The Hall–Kier alpha value is -4.10. The Balaban J connectivity index is 1.92. The van der Waals surface area contributed by atoms with Crippen molar-refractivity contribution in [3.63, 3.8) is 0 Å². The number of nitriles is 1. The van der Waals surface area contributed by atoms with Crippen LogP contribution in [0, 0.1) is 24.2 Å². The third-order valence-electron chi connectivity index (χ3n) is 6.03. The number of thioether (sulfide) groups is 1. The quantitative estimate of drug-likeness (QED) is 0.398. The van der Waals surface area contributed by atoms with E-state index in [-0.39, 0.29) is 27.8 Å². The number of para-hydroxylation sites is 1. The van der Waals surface area contributed by atoms with Gasteiger partial charge in [-0.1, -0.05) is 49.0 Å². The van der Waals surface area contributed by atoms with Gasteiger partial charge in [0.25, 0.3) is 0 Å². The number of benzene rings is 2. The molecule has 2 atom stereocenters. The Labute approximate surface area is 219 Å². The first-order chi connectivity index (χ1) is 17.7. The first-order valence-electron chi connectivity index (χ1n) is 11.5. The lowest BCUT2D eigenvalue weighted by molar-refractivity contribution is -0.150. The molecular formula is C27H27N3O6S.